The van der Waals surface area contributed by atoms with Gasteiger partial charge in [-0.1, -0.05) is 35.3 Å². The van der Waals surface area contributed by atoms with Crippen molar-refractivity contribution in [1.82, 2.24) is 4.90 Å². The molecule has 0 saturated heterocycles. The van der Waals surface area contributed by atoms with Crippen molar-refractivity contribution in [3.8, 4) is 0 Å². The first-order chi connectivity index (χ1) is 8.95. The quantitative estimate of drug-likeness (QED) is 0.452. The Morgan fingerprint density at radius 2 is 2.11 bits per heavy atom. The van der Waals surface area contributed by atoms with Gasteiger partial charge >= 0.3 is 0 Å². The van der Waals surface area contributed by atoms with E-state index in [1.54, 1.807) is 24.3 Å². The minimum atomic E-state index is -0.191. The minimum Gasteiger partial charge on any atom is -0.370 e. The Hall–Kier alpha value is -1.72. The maximum absolute atomic E-state index is 7.39. The number of nitrogens with two attached hydrogens (primary N) is 2. The molecule has 102 valence electrons. The normalized spacial score (nSPS) is 11.2. The molecule has 0 aliphatic heterocycles. The molecule has 0 unspecified atom stereocenters. The third kappa shape index (κ3) is 4.46. The van der Waals surface area contributed by atoms with Crippen LogP contribution in [-0.4, -0.2) is 23.4 Å². The van der Waals surface area contributed by atoms with E-state index >= 15 is 0 Å². The van der Waals surface area contributed by atoms with Gasteiger partial charge in [-0.2, -0.15) is 0 Å². The van der Waals surface area contributed by atoms with Crippen LogP contribution in [0.25, 0.3) is 0 Å². The fourth-order valence-corrected chi connectivity index (χ4v) is 1.81. The molecule has 0 aliphatic rings. The Kier molecular flexibility index (Phi) is 5.66. The maximum atomic E-state index is 7.39. The lowest BCUT2D eigenvalue weighted by Gasteiger charge is -2.19. The third-order valence-electron chi connectivity index (χ3n) is 2.31. The number of nitrogens with zero attached hydrogens (tertiary/aromatic N) is 2. The third-order valence-corrected chi connectivity index (χ3v) is 2.89. The van der Waals surface area contributed by atoms with E-state index in [9.17, 15) is 0 Å². The van der Waals surface area contributed by atoms with Gasteiger partial charge in [-0.05, 0) is 17.7 Å². The van der Waals surface area contributed by atoms with Crippen LogP contribution < -0.4 is 11.5 Å². The summed E-state index contributed by atoms with van der Waals surface area (Å²) in [6.45, 7) is 4.17. The molecule has 7 heteroatoms. The fraction of sp³-hybridized carbons (Fsp3) is 0.167. The molecule has 5 N–H and O–H groups in total. The maximum Gasteiger partial charge on any atom is 0.198 e. The van der Waals surface area contributed by atoms with Crippen LogP contribution in [0.4, 0.5) is 0 Å². The van der Waals surface area contributed by atoms with Crippen LogP contribution in [0, 0.1) is 5.41 Å². The Labute approximate surface area is 122 Å². The summed E-state index contributed by atoms with van der Waals surface area (Å²) in [5, 5.41) is 8.46. The van der Waals surface area contributed by atoms with Crippen molar-refractivity contribution >= 4 is 35.1 Å². The van der Waals surface area contributed by atoms with E-state index in [4.69, 9.17) is 40.1 Å². The number of nitrogens with one attached hydrogen (secondary N) is 1. The van der Waals surface area contributed by atoms with E-state index in [-0.39, 0.29) is 18.5 Å². The minimum absolute atomic E-state index is 0.137. The Morgan fingerprint density at radius 1 is 1.42 bits per heavy atom. The van der Waals surface area contributed by atoms with Crippen molar-refractivity contribution in [2.75, 3.05) is 6.54 Å². The van der Waals surface area contributed by atoms with E-state index in [1.807, 2.05) is 0 Å². The molecule has 19 heavy (non-hydrogen) atoms. The van der Waals surface area contributed by atoms with Crippen molar-refractivity contribution in [3.05, 3.63) is 46.5 Å². The van der Waals surface area contributed by atoms with Gasteiger partial charge in [0.2, 0.25) is 0 Å². The number of aliphatic imine (C=N–C) groups is 1. The highest BCUT2D eigenvalue weighted by atomic mass is 35.5. The van der Waals surface area contributed by atoms with Crippen molar-refractivity contribution in [2.45, 2.75) is 6.54 Å². The molecule has 1 aromatic rings. The molecule has 1 rings (SSSR count). The van der Waals surface area contributed by atoms with Crippen molar-refractivity contribution in [3.63, 3.8) is 0 Å². The van der Waals surface area contributed by atoms with Crippen molar-refractivity contribution < 1.29 is 0 Å². The average Bonchev–Trinajstić information content (AvgIpc) is 2.34. The largest absolute Gasteiger partial charge is 0.370 e. The lowest BCUT2D eigenvalue weighted by atomic mass is 10.2. The summed E-state index contributed by atoms with van der Waals surface area (Å²) in [5.74, 6) is -0.0539. The molecule has 5 nitrogen and oxygen atoms in total. The Bertz CT molecular complexity index is 513. The standard InChI is InChI=1S/C12H15Cl2N5/c1-2-5-19(11(15)16)12(17)18-7-8-3-4-9(13)6-10(8)14/h2-4,6H,1,5,7H2,(H3,15,16)(H2,17,18). The van der Waals surface area contributed by atoms with Crippen molar-refractivity contribution in [1.29, 1.82) is 5.41 Å². The number of benzene rings is 1. The van der Waals surface area contributed by atoms with Crippen LogP contribution in [0.15, 0.2) is 35.8 Å². The molecule has 0 aliphatic carbocycles. The SMILES string of the molecule is C=CCN(C(=N)N)C(N)=NCc1ccc(Cl)cc1Cl. The molecule has 0 aromatic heterocycles. The van der Waals surface area contributed by atoms with Crippen LogP contribution in [0.2, 0.25) is 10.0 Å². The van der Waals surface area contributed by atoms with E-state index in [2.05, 4.69) is 11.6 Å². The van der Waals surface area contributed by atoms with Crippen molar-refractivity contribution in [2.24, 2.45) is 16.5 Å². The number of guanidine groups is 2. The molecule has 0 radical (unpaired) electrons. The van der Waals surface area contributed by atoms with Gasteiger partial charge in [-0.25, -0.2) is 4.99 Å². The first kappa shape index (κ1) is 15.3. The predicted octanol–water partition coefficient (Wildman–Crippen LogP) is 2.19. The lowest BCUT2D eigenvalue weighted by Crippen LogP contribution is -2.45. The monoisotopic (exact) mass is 299 g/mol. The summed E-state index contributed by atoms with van der Waals surface area (Å²) >= 11 is 11.8. The summed E-state index contributed by atoms with van der Waals surface area (Å²) in [6, 6.07) is 5.13. The van der Waals surface area contributed by atoms with E-state index in [0.717, 1.165) is 5.56 Å². The molecule has 0 saturated carbocycles. The number of hydrogen-bond acceptors (Lipinski definition) is 2. The number of halogens is 2. The van der Waals surface area contributed by atoms with Gasteiger partial charge in [-0.3, -0.25) is 10.3 Å². The summed E-state index contributed by atoms with van der Waals surface area (Å²) in [5.41, 5.74) is 12.0. The van der Waals surface area contributed by atoms with Gasteiger partial charge in [0.05, 0.1) is 6.54 Å². The molecule has 0 amide bonds. The lowest BCUT2D eigenvalue weighted by molar-refractivity contribution is 0.652. The molecule has 0 spiro atoms. The highest BCUT2D eigenvalue weighted by molar-refractivity contribution is 6.35. The fourth-order valence-electron chi connectivity index (χ4n) is 1.35. The topological polar surface area (TPSA) is 91.5 Å². The first-order valence-corrected chi connectivity index (χ1v) is 6.17. The van der Waals surface area contributed by atoms with Gasteiger partial charge in [0.15, 0.2) is 11.9 Å². The van der Waals surface area contributed by atoms with E-state index in [0.29, 0.717) is 16.6 Å². The summed E-state index contributed by atoms with van der Waals surface area (Å²) in [7, 11) is 0. The van der Waals surface area contributed by atoms with E-state index in [1.165, 1.54) is 4.90 Å². The summed E-state index contributed by atoms with van der Waals surface area (Å²) in [4.78, 5) is 5.48. The summed E-state index contributed by atoms with van der Waals surface area (Å²) in [6.07, 6.45) is 1.58. The molecule has 1 aromatic carbocycles. The zero-order chi connectivity index (χ0) is 14.4. The van der Waals surface area contributed by atoms with E-state index < -0.39 is 0 Å². The van der Waals surface area contributed by atoms with Gasteiger partial charge < -0.3 is 11.5 Å². The first-order valence-electron chi connectivity index (χ1n) is 5.42. The van der Waals surface area contributed by atoms with Crippen LogP contribution in [-0.2, 0) is 6.54 Å². The molecule has 0 bridgehead atoms. The Balaban J connectivity index is 2.84. The van der Waals surface area contributed by atoms with Gasteiger partial charge in [-0.15, -0.1) is 6.58 Å². The highest BCUT2D eigenvalue weighted by Gasteiger charge is 2.09. The second-order valence-corrected chi connectivity index (χ2v) is 4.54. The average molecular weight is 300 g/mol. The number of rotatable bonds is 4. The Morgan fingerprint density at radius 3 is 2.63 bits per heavy atom. The van der Waals surface area contributed by atoms with Crippen LogP contribution in [0.3, 0.4) is 0 Å². The highest BCUT2D eigenvalue weighted by Crippen LogP contribution is 2.21. The van der Waals surface area contributed by atoms with Gasteiger partial charge in [0.1, 0.15) is 0 Å². The second-order valence-electron chi connectivity index (χ2n) is 3.69. The predicted molar refractivity (Wildman–Crippen MR) is 80.6 cm³/mol. The zero-order valence-corrected chi connectivity index (χ0v) is 11.7. The molecule has 0 atom stereocenters. The molecular formula is C12H15Cl2N5. The van der Waals surface area contributed by atoms with Crippen LogP contribution >= 0.6 is 23.2 Å². The molecule has 0 heterocycles. The molecule has 0 fully saturated rings. The zero-order valence-electron chi connectivity index (χ0n) is 10.2. The second kappa shape index (κ2) is 7.01. The molecular weight excluding hydrogens is 285 g/mol. The van der Waals surface area contributed by atoms with Crippen LogP contribution in [0.1, 0.15) is 5.56 Å². The smallest absolute Gasteiger partial charge is 0.198 e. The van der Waals surface area contributed by atoms with Gasteiger partial charge in [0, 0.05) is 16.6 Å². The van der Waals surface area contributed by atoms with Crippen LogP contribution in [0.5, 0.6) is 0 Å². The van der Waals surface area contributed by atoms with Gasteiger partial charge in [0.25, 0.3) is 0 Å². The number of hydrogen-bond donors (Lipinski definition) is 3. The summed E-state index contributed by atoms with van der Waals surface area (Å²) < 4.78 is 0.